The summed E-state index contributed by atoms with van der Waals surface area (Å²) in [5.74, 6) is 1.98. The Morgan fingerprint density at radius 1 is 1.29 bits per heavy atom. The van der Waals surface area contributed by atoms with Gasteiger partial charge in [-0.25, -0.2) is 0 Å². The van der Waals surface area contributed by atoms with Gasteiger partial charge in [0.25, 0.3) is 0 Å². The molecule has 0 amide bonds. The second kappa shape index (κ2) is 5.82. The molecule has 3 rings (SSSR count). The van der Waals surface area contributed by atoms with Crippen molar-refractivity contribution in [3.05, 3.63) is 34.9 Å². The molecular formula is C22H32O2. The van der Waals surface area contributed by atoms with E-state index < -0.39 is 0 Å². The van der Waals surface area contributed by atoms with Crippen molar-refractivity contribution in [1.82, 2.24) is 0 Å². The van der Waals surface area contributed by atoms with E-state index in [0.717, 1.165) is 37.0 Å². The van der Waals surface area contributed by atoms with Crippen molar-refractivity contribution < 1.29 is 9.84 Å². The molecule has 0 saturated heterocycles. The summed E-state index contributed by atoms with van der Waals surface area (Å²) in [6.45, 7) is 13.3. The van der Waals surface area contributed by atoms with E-state index in [4.69, 9.17) is 4.74 Å². The Morgan fingerprint density at radius 2 is 2.00 bits per heavy atom. The summed E-state index contributed by atoms with van der Waals surface area (Å²) in [6.07, 6.45) is 6.84. The fourth-order valence-electron chi connectivity index (χ4n) is 4.68. The van der Waals surface area contributed by atoms with Gasteiger partial charge in [-0.1, -0.05) is 38.8 Å². The highest BCUT2D eigenvalue weighted by Gasteiger charge is 2.45. The van der Waals surface area contributed by atoms with Crippen molar-refractivity contribution in [3.63, 3.8) is 0 Å². The van der Waals surface area contributed by atoms with Crippen LogP contribution in [0.4, 0.5) is 0 Å². The van der Waals surface area contributed by atoms with Gasteiger partial charge in [-0.05, 0) is 63.1 Å². The Morgan fingerprint density at radius 3 is 2.67 bits per heavy atom. The van der Waals surface area contributed by atoms with E-state index in [-0.39, 0.29) is 16.9 Å². The van der Waals surface area contributed by atoms with Gasteiger partial charge in [0.2, 0.25) is 0 Å². The molecule has 1 aromatic carbocycles. The van der Waals surface area contributed by atoms with E-state index in [1.54, 1.807) is 0 Å². The molecule has 24 heavy (non-hydrogen) atoms. The molecule has 0 fully saturated rings. The minimum absolute atomic E-state index is 0.0456. The summed E-state index contributed by atoms with van der Waals surface area (Å²) in [7, 11) is 0. The minimum atomic E-state index is -0.200. The average molecular weight is 328 g/mol. The molecule has 1 N–H and O–H groups in total. The molecule has 1 heterocycles. The molecule has 0 spiro atoms. The number of aromatic hydroxyl groups is 1. The zero-order valence-electron chi connectivity index (χ0n) is 16.1. The summed E-state index contributed by atoms with van der Waals surface area (Å²) in [5.41, 5.74) is 3.44. The van der Waals surface area contributed by atoms with Gasteiger partial charge in [0.05, 0.1) is 0 Å². The first-order valence-electron chi connectivity index (χ1n) is 9.39. The van der Waals surface area contributed by atoms with Gasteiger partial charge in [0.1, 0.15) is 17.1 Å². The van der Waals surface area contributed by atoms with E-state index in [1.807, 2.05) is 6.07 Å². The lowest BCUT2D eigenvalue weighted by Gasteiger charge is -2.46. The summed E-state index contributed by atoms with van der Waals surface area (Å²) in [5, 5.41) is 10.9. The van der Waals surface area contributed by atoms with Gasteiger partial charge in [-0.3, -0.25) is 0 Å². The predicted octanol–water partition coefficient (Wildman–Crippen LogP) is 6.08. The standard InChI is InChI=1S/C22H32O2/c1-7-10-21(3,4)15-12-18(23)20-16-11-14(2)8-9-17(16)22(5,6)24-19(20)13-15/h11-13,16-17,23H,7-10H2,1-6H3/t16-,17-/m1/s1. The molecule has 0 saturated carbocycles. The van der Waals surface area contributed by atoms with Crippen LogP contribution in [0.1, 0.15) is 84.3 Å². The molecule has 1 aliphatic carbocycles. The molecular weight excluding hydrogens is 296 g/mol. The third-order valence-electron chi connectivity index (χ3n) is 6.12. The molecule has 0 aromatic heterocycles. The van der Waals surface area contributed by atoms with Gasteiger partial charge >= 0.3 is 0 Å². The molecule has 2 atom stereocenters. The maximum Gasteiger partial charge on any atom is 0.127 e. The van der Waals surface area contributed by atoms with Crippen molar-refractivity contribution in [2.75, 3.05) is 0 Å². The Bertz CT molecular complexity index is 667. The van der Waals surface area contributed by atoms with Crippen molar-refractivity contribution in [2.24, 2.45) is 5.92 Å². The second-order valence-electron chi connectivity index (χ2n) is 8.93. The monoisotopic (exact) mass is 328 g/mol. The summed E-state index contributed by atoms with van der Waals surface area (Å²) in [4.78, 5) is 0. The molecule has 2 heteroatoms. The number of phenolic OH excluding ortho intramolecular Hbond substituents is 1. The number of ether oxygens (including phenoxy) is 1. The van der Waals surface area contributed by atoms with Crippen LogP contribution in [0.25, 0.3) is 0 Å². The maximum absolute atomic E-state index is 10.9. The van der Waals surface area contributed by atoms with E-state index >= 15 is 0 Å². The first-order valence-corrected chi connectivity index (χ1v) is 9.39. The fourth-order valence-corrected chi connectivity index (χ4v) is 4.68. The first kappa shape index (κ1) is 17.4. The first-order chi connectivity index (χ1) is 11.2. The highest BCUT2D eigenvalue weighted by Crippen LogP contribution is 2.54. The molecule has 1 aliphatic heterocycles. The fraction of sp³-hybridized carbons (Fsp3) is 0.636. The Hall–Kier alpha value is -1.44. The smallest absolute Gasteiger partial charge is 0.127 e. The number of fused-ring (bicyclic) bond motifs is 3. The maximum atomic E-state index is 10.9. The summed E-state index contributed by atoms with van der Waals surface area (Å²) >= 11 is 0. The number of benzene rings is 1. The van der Waals surface area contributed by atoms with E-state index in [9.17, 15) is 5.11 Å². The van der Waals surface area contributed by atoms with Gasteiger partial charge < -0.3 is 9.84 Å². The van der Waals surface area contributed by atoms with Gasteiger partial charge in [-0.15, -0.1) is 0 Å². The Kier molecular flexibility index (Phi) is 4.22. The molecule has 132 valence electrons. The zero-order valence-corrected chi connectivity index (χ0v) is 16.1. The number of hydrogen-bond donors (Lipinski definition) is 1. The molecule has 2 aliphatic rings. The molecule has 1 aromatic rings. The molecule has 0 bridgehead atoms. The van der Waals surface area contributed by atoms with Crippen LogP contribution in [0.3, 0.4) is 0 Å². The van der Waals surface area contributed by atoms with Crippen LogP contribution in [-0.4, -0.2) is 10.7 Å². The van der Waals surface area contributed by atoms with E-state index in [1.165, 1.54) is 11.1 Å². The lowest BCUT2D eigenvalue weighted by molar-refractivity contribution is 0.0106. The molecule has 0 radical (unpaired) electrons. The van der Waals surface area contributed by atoms with Gasteiger partial charge in [-0.2, -0.15) is 0 Å². The van der Waals surface area contributed by atoms with Gasteiger partial charge in [0, 0.05) is 17.4 Å². The van der Waals surface area contributed by atoms with E-state index in [2.05, 4.69) is 53.7 Å². The highest BCUT2D eigenvalue weighted by atomic mass is 16.5. The topological polar surface area (TPSA) is 29.5 Å². The molecule has 0 unspecified atom stereocenters. The minimum Gasteiger partial charge on any atom is -0.507 e. The second-order valence-corrected chi connectivity index (χ2v) is 8.93. The van der Waals surface area contributed by atoms with E-state index in [0.29, 0.717) is 11.7 Å². The molecule has 2 nitrogen and oxygen atoms in total. The number of phenols is 1. The van der Waals surface area contributed by atoms with Crippen LogP contribution in [-0.2, 0) is 5.41 Å². The van der Waals surface area contributed by atoms with Crippen LogP contribution < -0.4 is 4.74 Å². The highest BCUT2D eigenvalue weighted by molar-refractivity contribution is 5.55. The third-order valence-corrected chi connectivity index (χ3v) is 6.12. The van der Waals surface area contributed by atoms with Crippen molar-refractivity contribution in [2.45, 2.75) is 84.2 Å². The normalized spacial score (nSPS) is 25.3. The van der Waals surface area contributed by atoms with Gasteiger partial charge in [0.15, 0.2) is 0 Å². The van der Waals surface area contributed by atoms with Crippen LogP contribution in [0.15, 0.2) is 23.8 Å². The largest absolute Gasteiger partial charge is 0.507 e. The number of hydrogen-bond acceptors (Lipinski definition) is 2. The Labute approximate surface area is 146 Å². The third kappa shape index (κ3) is 2.85. The van der Waals surface area contributed by atoms with Crippen molar-refractivity contribution in [3.8, 4) is 11.5 Å². The lowest BCUT2D eigenvalue weighted by atomic mass is 9.67. The number of rotatable bonds is 3. The zero-order chi connectivity index (χ0) is 17.7. The lowest BCUT2D eigenvalue weighted by Crippen LogP contribution is -2.45. The van der Waals surface area contributed by atoms with Crippen LogP contribution in [0.5, 0.6) is 11.5 Å². The quantitative estimate of drug-likeness (QED) is 0.681. The van der Waals surface area contributed by atoms with Crippen LogP contribution in [0, 0.1) is 5.92 Å². The SMILES string of the molecule is CCCC(C)(C)c1cc(O)c2c(c1)OC(C)(C)[C@@H]1CCC(C)=C[C@@H]21. The van der Waals surface area contributed by atoms with Crippen molar-refractivity contribution >= 4 is 0 Å². The predicted molar refractivity (Wildman–Crippen MR) is 100.0 cm³/mol. The summed E-state index contributed by atoms with van der Waals surface area (Å²) in [6, 6.07) is 4.16. The van der Waals surface area contributed by atoms with Crippen LogP contribution in [0.2, 0.25) is 0 Å². The van der Waals surface area contributed by atoms with Crippen LogP contribution >= 0.6 is 0 Å². The summed E-state index contributed by atoms with van der Waals surface area (Å²) < 4.78 is 6.43. The Balaban J connectivity index is 2.13. The van der Waals surface area contributed by atoms with Crippen molar-refractivity contribution in [1.29, 1.82) is 0 Å². The number of allylic oxidation sites excluding steroid dienone is 2. The average Bonchev–Trinajstić information content (AvgIpc) is 2.45.